The molecule has 1 heterocycles. The normalized spacial score (nSPS) is 14.7. The van der Waals surface area contributed by atoms with Crippen molar-refractivity contribution in [2.45, 2.75) is 314 Å². The Morgan fingerprint density at radius 3 is 1.08 bits per heavy atom. The SMILES string of the molecule is CC[C@H](C)[C@H](NC(=O)[C@H](CC(N)=O)NC(=O)[C@H](CCC(=O)O)NC(=O)[C@H](CC(N)=O)NC(=O)CNC(=O)[C@H](CC(C)C)NC(=O)[C@H](CCC(=O)O)NC(=O)[C@H](CC(C)C)NC(=O)[C@H](Cc1ccccc1)NC(=O)[C@H](CC(N)=O)NC(=O)[C@H](CCCCN)NC(=O)[C@H](CCCNC(=N)N)NC(=O)[C@H](Cc1cnc[nH]1)NC(=O)[C@@H](N)CC(C)C)C(=O)N[C@@H](CC(=O)O)C(=O)N[C@@H](CCCCN)C(=O)N[C@@H](CC(C)C)C(=O)O. The van der Waals surface area contributed by atoms with Gasteiger partial charge in [0.25, 0.3) is 0 Å². The lowest BCUT2D eigenvalue weighted by atomic mass is 9.96. The summed E-state index contributed by atoms with van der Waals surface area (Å²) in [6.45, 7) is 15.7. The van der Waals surface area contributed by atoms with Gasteiger partial charge in [0, 0.05) is 44.1 Å². The number of nitrogens with two attached hydrogens (primary N) is 7. The molecule has 0 aliphatic carbocycles. The summed E-state index contributed by atoms with van der Waals surface area (Å²) in [5, 5.41) is 87.9. The van der Waals surface area contributed by atoms with Gasteiger partial charge in [-0.05, 0) is 138 Å². The monoisotopic (exact) mass is 2050 g/mol. The summed E-state index contributed by atoms with van der Waals surface area (Å²) in [5.41, 5.74) is 40.7. The quantitative estimate of drug-likeness (QED) is 0.0166. The fourth-order valence-corrected chi connectivity index (χ4v) is 14.6. The highest BCUT2D eigenvalue weighted by atomic mass is 16.4. The molecule has 2 aromatic rings. The maximum absolute atomic E-state index is 14.9. The molecule has 54 heteroatoms. The summed E-state index contributed by atoms with van der Waals surface area (Å²) in [6, 6.07) is -19.1. The minimum Gasteiger partial charge on any atom is -0.481 e. The fraction of sp³-hybridized carbons (Fsp3) is 0.637. The summed E-state index contributed by atoms with van der Waals surface area (Å²) in [6.07, 6.45) is -4.74. The van der Waals surface area contributed by atoms with E-state index in [0.29, 0.717) is 24.1 Å². The highest BCUT2D eigenvalue weighted by Crippen LogP contribution is 2.18. The number of nitrogens with one attached hydrogen (secondary N) is 19. The first kappa shape index (κ1) is 126. The zero-order valence-electron chi connectivity index (χ0n) is 83.4. The summed E-state index contributed by atoms with van der Waals surface area (Å²) in [7, 11) is 0. The Labute approximate surface area is 838 Å². The topological polar surface area (TPSA) is 913 Å². The number of carboxylic acid groups (broad SMARTS) is 4. The molecule has 54 nitrogen and oxygen atoms in total. The molecule has 0 saturated heterocycles. The number of benzene rings is 1. The van der Waals surface area contributed by atoms with Crippen molar-refractivity contribution in [3.8, 4) is 0 Å². The highest BCUT2D eigenvalue weighted by molar-refractivity contribution is 6.03. The molecule has 0 fully saturated rings. The predicted octanol–water partition coefficient (Wildman–Crippen LogP) is -7.42. The third-order valence-electron chi connectivity index (χ3n) is 22.3. The molecule has 0 aliphatic rings. The molecule has 0 saturated carbocycles. The maximum atomic E-state index is 14.9. The molecule has 0 aliphatic heterocycles. The van der Waals surface area contributed by atoms with E-state index in [9.17, 15) is 131 Å². The van der Waals surface area contributed by atoms with Crippen molar-refractivity contribution in [1.29, 1.82) is 5.41 Å². The van der Waals surface area contributed by atoms with Crippen LogP contribution in [0, 0.1) is 35.0 Å². The molecule has 0 bridgehead atoms. The number of nitrogens with zero attached hydrogens (tertiary/aromatic N) is 1. The average Bonchev–Trinajstić information content (AvgIpc) is 1.17. The van der Waals surface area contributed by atoms with Gasteiger partial charge in [-0.2, -0.15) is 0 Å². The van der Waals surface area contributed by atoms with Crippen LogP contribution in [-0.4, -0.2) is 295 Å². The molecule has 19 amide bonds. The number of aromatic nitrogens is 2. The van der Waals surface area contributed by atoms with Crippen LogP contribution in [0.25, 0.3) is 0 Å². The van der Waals surface area contributed by atoms with Gasteiger partial charge in [0.15, 0.2) is 5.96 Å². The van der Waals surface area contributed by atoms with Crippen molar-refractivity contribution in [3.05, 3.63) is 54.1 Å². The molecule has 1 aromatic carbocycles. The largest absolute Gasteiger partial charge is 0.481 e. The third-order valence-corrected chi connectivity index (χ3v) is 22.3. The molecule has 810 valence electrons. The first-order chi connectivity index (χ1) is 68.1. The lowest BCUT2D eigenvalue weighted by Crippen LogP contribution is -2.61. The van der Waals surface area contributed by atoms with Gasteiger partial charge in [-0.3, -0.25) is 111 Å². The van der Waals surface area contributed by atoms with Crippen molar-refractivity contribution in [2.75, 3.05) is 26.2 Å². The van der Waals surface area contributed by atoms with Crippen LogP contribution in [0.15, 0.2) is 42.9 Å². The lowest BCUT2D eigenvalue weighted by Gasteiger charge is -2.29. The van der Waals surface area contributed by atoms with Gasteiger partial charge in [0.2, 0.25) is 112 Å². The Balaban J connectivity index is 2.56. The van der Waals surface area contributed by atoms with Gasteiger partial charge in [0.05, 0.1) is 44.6 Å². The molecule has 0 radical (unpaired) electrons. The number of hydrogen-bond acceptors (Lipinski definition) is 28. The number of aromatic amines is 1. The van der Waals surface area contributed by atoms with Gasteiger partial charge in [0.1, 0.15) is 90.6 Å². The number of hydrogen-bond donors (Lipinski definition) is 30. The second-order valence-corrected chi connectivity index (χ2v) is 37.0. The second kappa shape index (κ2) is 66.3. The van der Waals surface area contributed by atoms with Crippen molar-refractivity contribution in [2.24, 2.45) is 69.7 Å². The van der Waals surface area contributed by atoms with E-state index in [1.54, 1.807) is 78.8 Å². The molecular formula is C91H149N27O27. The summed E-state index contributed by atoms with van der Waals surface area (Å²) in [4.78, 5) is 322. The molecular weight excluding hydrogens is 1900 g/mol. The van der Waals surface area contributed by atoms with E-state index in [2.05, 4.69) is 100 Å². The van der Waals surface area contributed by atoms with E-state index >= 15 is 0 Å². The minimum absolute atomic E-state index is 0.0128. The second-order valence-electron chi connectivity index (χ2n) is 37.0. The van der Waals surface area contributed by atoms with Crippen molar-refractivity contribution < 1.29 is 131 Å². The van der Waals surface area contributed by atoms with E-state index < -0.39 is 314 Å². The van der Waals surface area contributed by atoms with E-state index in [1.165, 1.54) is 19.4 Å². The summed E-state index contributed by atoms with van der Waals surface area (Å²) in [5.74, 6) is -30.5. The van der Waals surface area contributed by atoms with Crippen LogP contribution >= 0.6 is 0 Å². The number of unbranched alkanes of at least 4 members (excludes halogenated alkanes) is 2. The summed E-state index contributed by atoms with van der Waals surface area (Å²) < 4.78 is 0. The van der Waals surface area contributed by atoms with Crippen LogP contribution < -0.4 is 131 Å². The van der Waals surface area contributed by atoms with E-state index in [0.717, 1.165) is 0 Å². The number of carbonyl (C=O) groups excluding carboxylic acids is 19. The number of guanidine groups is 1. The van der Waals surface area contributed by atoms with Crippen LogP contribution in [0.3, 0.4) is 0 Å². The smallest absolute Gasteiger partial charge is 0.326 e. The Morgan fingerprint density at radius 1 is 0.359 bits per heavy atom. The van der Waals surface area contributed by atoms with Crippen LogP contribution in [0.1, 0.15) is 215 Å². The van der Waals surface area contributed by atoms with Gasteiger partial charge in [-0.25, -0.2) is 9.78 Å². The average molecular weight is 2050 g/mol. The molecule has 2 rings (SSSR count). The Morgan fingerprint density at radius 2 is 0.697 bits per heavy atom. The third kappa shape index (κ3) is 51.3. The molecule has 37 N–H and O–H groups in total. The first-order valence-corrected chi connectivity index (χ1v) is 47.9. The van der Waals surface area contributed by atoms with Gasteiger partial charge in [-0.15, -0.1) is 0 Å². The maximum Gasteiger partial charge on any atom is 0.326 e. The van der Waals surface area contributed by atoms with Gasteiger partial charge in [-0.1, -0.05) is 106 Å². The van der Waals surface area contributed by atoms with Gasteiger partial charge < -0.3 is 156 Å². The highest BCUT2D eigenvalue weighted by Gasteiger charge is 2.42. The number of H-pyrrole nitrogens is 1. The van der Waals surface area contributed by atoms with Crippen molar-refractivity contribution in [3.63, 3.8) is 0 Å². The van der Waals surface area contributed by atoms with Crippen LogP contribution in [0.2, 0.25) is 0 Å². The van der Waals surface area contributed by atoms with E-state index in [1.807, 2.05) is 13.8 Å². The molecule has 17 atom stereocenters. The number of amides is 19. The van der Waals surface area contributed by atoms with Crippen LogP contribution in [0.5, 0.6) is 0 Å². The van der Waals surface area contributed by atoms with Crippen LogP contribution in [0.4, 0.5) is 0 Å². The minimum atomic E-state index is -2.09. The molecule has 145 heavy (non-hydrogen) atoms. The Bertz CT molecular complexity index is 4700. The Hall–Kier alpha value is -14.6. The number of primary amides is 3. The predicted molar refractivity (Wildman–Crippen MR) is 520 cm³/mol. The zero-order chi connectivity index (χ0) is 110. The van der Waals surface area contributed by atoms with E-state index in [-0.39, 0.29) is 115 Å². The number of carboxylic acids is 4. The number of rotatable bonds is 73. The standard InChI is InChI=1S/C91H149N27O27/c1-11-49(10)74(89(143)116-65(41-73(127)128)87(141)106-54(23-16-18-30-93)79(133)117-66(90(144)145)35-48(8)9)118-88(142)64(40-69(97)121)115-81(135)57(26-28-72(125)126)109-85(139)62(38-67(95)119)104-70(122)43-102-76(130)58(33-46(4)5)111-80(134)56(25-27-71(123)124)108-82(136)59(34-47(6)7)112-83(137)60(36-50-20-13-12-14-21-50)113-86(140)63(39-68(96)120)114-78(132)53(22-15-17-29-92)105-77(131)55(24-19-31-101-91(98)99)107-84(138)61(37-51-42-100-44-103-51)110-75(129)52(94)32-45(2)3/h12-14,20-21,42,44-49,52-66,74H,11,15-19,22-41,43,92-94H2,1-10H3,(H2,95,119)(H2,96,120)(H2,97,121)(H,100,103)(H,102,130)(H,104,122)(H,105,131)(H,106,141)(H,107,138)(H,108,136)(H,109,139)(H,110,129)(H,111,134)(H,112,137)(H,113,140)(H,114,132)(H,115,135)(H,116,143)(H,117,133)(H,118,142)(H,123,124)(H,125,126)(H,127,128)(H,144,145)(H4,98,99,101)/t49-,52-,53-,54-,55-,56-,57-,58-,59-,60-,61-,62-,63-,64-,65-,66-,74-/m0/s1. The number of aliphatic carboxylic acids is 4. The number of carbonyl (C=O) groups is 23. The molecule has 0 spiro atoms. The Kier molecular flexibility index (Phi) is 57.8. The summed E-state index contributed by atoms with van der Waals surface area (Å²) >= 11 is 0. The van der Waals surface area contributed by atoms with E-state index in [4.69, 9.17) is 45.5 Å². The fourth-order valence-electron chi connectivity index (χ4n) is 14.6. The lowest BCUT2D eigenvalue weighted by molar-refractivity contribution is -0.143. The molecule has 1 aromatic heterocycles. The van der Waals surface area contributed by atoms with Crippen molar-refractivity contribution in [1.82, 2.24) is 100 Å². The zero-order valence-corrected chi connectivity index (χ0v) is 83.4. The first-order valence-electron chi connectivity index (χ1n) is 47.9. The van der Waals surface area contributed by atoms with Gasteiger partial charge >= 0.3 is 23.9 Å². The van der Waals surface area contributed by atoms with Crippen molar-refractivity contribution >= 4 is 142 Å². The molecule has 0 unspecified atom stereocenters. The number of imidazole rings is 1. The van der Waals surface area contributed by atoms with Crippen LogP contribution in [-0.2, 0) is 123 Å².